The lowest BCUT2D eigenvalue weighted by molar-refractivity contribution is -0.138. The summed E-state index contributed by atoms with van der Waals surface area (Å²) in [5.74, 6) is -1.62. The quantitative estimate of drug-likeness (QED) is 0.761. The van der Waals surface area contributed by atoms with Crippen LogP contribution in [0.25, 0.3) is 0 Å². The van der Waals surface area contributed by atoms with Crippen LogP contribution >= 0.6 is 0 Å². The van der Waals surface area contributed by atoms with E-state index in [1.165, 1.54) is 4.31 Å². The van der Waals surface area contributed by atoms with Crippen LogP contribution < -0.4 is 5.32 Å². The molecule has 1 aromatic rings. The van der Waals surface area contributed by atoms with Gasteiger partial charge in [0, 0.05) is 19.0 Å². The van der Waals surface area contributed by atoms with E-state index in [-0.39, 0.29) is 35.6 Å². The van der Waals surface area contributed by atoms with Crippen molar-refractivity contribution in [3.63, 3.8) is 0 Å². The summed E-state index contributed by atoms with van der Waals surface area (Å²) in [6, 6.07) is 0. The minimum Gasteiger partial charge on any atom is -0.480 e. The van der Waals surface area contributed by atoms with Crippen molar-refractivity contribution in [1.82, 2.24) is 14.8 Å². The number of rotatable bonds is 5. The Morgan fingerprint density at radius 3 is 2.43 bits per heavy atom. The Balaban J connectivity index is 2.01. The molecule has 1 aliphatic rings. The number of aromatic nitrogens is 1. The van der Waals surface area contributed by atoms with Gasteiger partial charge in [0.05, 0.1) is 0 Å². The van der Waals surface area contributed by atoms with Gasteiger partial charge < -0.3 is 14.9 Å². The molecule has 1 fully saturated rings. The van der Waals surface area contributed by atoms with E-state index >= 15 is 0 Å². The highest BCUT2D eigenvalue weighted by Crippen LogP contribution is 2.27. The van der Waals surface area contributed by atoms with Crippen LogP contribution in [0.4, 0.5) is 0 Å². The van der Waals surface area contributed by atoms with Crippen molar-refractivity contribution in [1.29, 1.82) is 0 Å². The zero-order chi connectivity index (χ0) is 17.2. The van der Waals surface area contributed by atoms with Gasteiger partial charge in [-0.25, -0.2) is 8.42 Å². The maximum absolute atomic E-state index is 12.6. The van der Waals surface area contributed by atoms with Gasteiger partial charge in [-0.3, -0.25) is 9.59 Å². The highest BCUT2D eigenvalue weighted by atomic mass is 32.2. The van der Waals surface area contributed by atoms with Gasteiger partial charge in [0.1, 0.15) is 17.1 Å². The number of aryl methyl sites for hydroxylation is 2. The second-order valence-corrected chi connectivity index (χ2v) is 7.32. The fourth-order valence-corrected chi connectivity index (χ4v) is 4.40. The minimum atomic E-state index is -3.70. The number of hydrogen-bond donors (Lipinski definition) is 2. The molecule has 0 unspecified atom stereocenters. The summed E-state index contributed by atoms with van der Waals surface area (Å²) in [4.78, 5) is 22.4. The average molecular weight is 345 g/mol. The number of sulfonamides is 1. The van der Waals surface area contributed by atoms with E-state index in [0.29, 0.717) is 18.5 Å². The van der Waals surface area contributed by atoms with Crippen molar-refractivity contribution in [3.8, 4) is 0 Å². The maximum Gasteiger partial charge on any atom is 0.322 e. The Kier molecular flexibility index (Phi) is 5.05. The van der Waals surface area contributed by atoms with Crippen molar-refractivity contribution in [2.24, 2.45) is 5.92 Å². The van der Waals surface area contributed by atoms with E-state index in [9.17, 15) is 18.0 Å². The summed E-state index contributed by atoms with van der Waals surface area (Å²) in [7, 11) is -3.70. The molecule has 2 N–H and O–H groups in total. The summed E-state index contributed by atoms with van der Waals surface area (Å²) < 4.78 is 31.5. The van der Waals surface area contributed by atoms with Crippen molar-refractivity contribution >= 4 is 21.9 Å². The van der Waals surface area contributed by atoms with Crippen LogP contribution in [0.2, 0.25) is 0 Å². The summed E-state index contributed by atoms with van der Waals surface area (Å²) in [5, 5.41) is 14.5. The van der Waals surface area contributed by atoms with Gasteiger partial charge in [-0.05, 0) is 26.7 Å². The van der Waals surface area contributed by atoms with E-state index in [4.69, 9.17) is 9.63 Å². The lowest BCUT2D eigenvalue weighted by atomic mass is 9.97. The predicted molar refractivity (Wildman–Crippen MR) is 78.1 cm³/mol. The number of amides is 1. The van der Waals surface area contributed by atoms with Crippen molar-refractivity contribution in [2.75, 3.05) is 19.6 Å². The molecule has 2 heterocycles. The molecule has 0 aromatic carbocycles. The SMILES string of the molecule is Cc1noc(C)c1S(=O)(=O)N1CCC(C(=O)NCC(=O)O)CC1. The smallest absolute Gasteiger partial charge is 0.322 e. The van der Waals surface area contributed by atoms with Crippen LogP contribution in [-0.2, 0) is 19.6 Å². The first-order chi connectivity index (χ1) is 10.7. The molecule has 1 saturated heterocycles. The lowest BCUT2D eigenvalue weighted by Gasteiger charge is -2.30. The maximum atomic E-state index is 12.6. The molecule has 2 rings (SSSR count). The largest absolute Gasteiger partial charge is 0.480 e. The fourth-order valence-electron chi connectivity index (χ4n) is 2.64. The Morgan fingerprint density at radius 2 is 1.96 bits per heavy atom. The molecular weight excluding hydrogens is 326 g/mol. The highest BCUT2D eigenvalue weighted by Gasteiger charge is 2.35. The first kappa shape index (κ1) is 17.4. The summed E-state index contributed by atoms with van der Waals surface area (Å²) in [5.41, 5.74) is 0.309. The molecule has 1 amide bonds. The van der Waals surface area contributed by atoms with Gasteiger partial charge in [-0.2, -0.15) is 4.31 Å². The third-order valence-corrected chi connectivity index (χ3v) is 5.95. The number of nitrogens with zero attached hydrogens (tertiary/aromatic N) is 2. The van der Waals surface area contributed by atoms with Crippen LogP contribution in [0.3, 0.4) is 0 Å². The van der Waals surface area contributed by atoms with E-state index in [1.54, 1.807) is 13.8 Å². The average Bonchev–Trinajstić information content (AvgIpc) is 2.84. The first-order valence-electron chi connectivity index (χ1n) is 7.16. The number of carbonyl (C=O) groups is 2. The standard InChI is InChI=1S/C13H19N3O6S/c1-8-12(9(2)22-15-8)23(20,21)16-5-3-10(4-6-16)13(19)14-7-11(17)18/h10H,3-7H2,1-2H3,(H,14,19)(H,17,18). The molecule has 1 aliphatic heterocycles. The van der Waals surface area contributed by atoms with Crippen molar-refractivity contribution in [2.45, 2.75) is 31.6 Å². The van der Waals surface area contributed by atoms with Crippen LogP contribution in [0.1, 0.15) is 24.3 Å². The molecule has 0 radical (unpaired) electrons. The van der Waals surface area contributed by atoms with Gasteiger partial charge >= 0.3 is 5.97 Å². The van der Waals surface area contributed by atoms with Gasteiger partial charge in [-0.15, -0.1) is 0 Å². The van der Waals surface area contributed by atoms with E-state index < -0.39 is 22.5 Å². The van der Waals surface area contributed by atoms with Crippen LogP contribution in [0, 0.1) is 19.8 Å². The molecule has 0 bridgehead atoms. The molecule has 1 aromatic heterocycles. The Morgan fingerprint density at radius 1 is 1.35 bits per heavy atom. The second kappa shape index (κ2) is 6.67. The zero-order valence-electron chi connectivity index (χ0n) is 12.9. The highest BCUT2D eigenvalue weighted by molar-refractivity contribution is 7.89. The molecule has 128 valence electrons. The van der Waals surface area contributed by atoms with Gasteiger partial charge in [0.15, 0.2) is 5.76 Å². The minimum absolute atomic E-state index is 0.0753. The molecule has 0 saturated carbocycles. The summed E-state index contributed by atoms with van der Waals surface area (Å²) in [6.45, 7) is 3.06. The normalized spacial score (nSPS) is 17.1. The number of carbonyl (C=O) groups excluding carboxylic acids is 1. The third kappa shape index (κ3) is 3.70. The monoisotopic (exact) mass is 345 g/mol. The van der Waals surface area contributed by atoms with E-state index in [1.807, 2.05) is 0 Å². The molecular formula is C13H19N3O6S. The number of carboxylic acids is 1. The van der Waals surface area contributed by atoms with E-state index in [2.05, 4.69) is 10.5 Å². The van der Waals surface area contributed by atoms with E-state index in [0.717, 1.165) is 0 Å². The Bertz CT molecular complexity index is 684. The fraction of sp³-hybridized carbons (Fsp3) is 0.615. The van der Waals surface area contributed by atoms with Gasteiger partial charge in [-0.1, -0.05) is 5.16 Å². The van der Waals surface area contributed by atoms with Crippen molar-refractivity contribution in [3.05, 3.63) is 11.5 Å². The van der Waals surface area contributed by atoms with Crippen molar-refractivity contribution < 1.29 is 27.6 Å². The second-order valence-electron chi connectivity index (χ2n) is 5.44. The Labute approximate surface area is 133 Å². The Hall–Kier alpha value is -1.94. The molecule has 9 nitrogen and oxygen atoms in total. The molecule has 0 atom stereocenters. The van der Waals surface area contributed by atoms with Crippen LogP contribution in [0.15, 0.2) is 9.42 Å². The third-order valence-electron chi connectivity index (χ3n) is 3.80. The number of carboxylic acid groups (broad SMARTS) is 1. The molecule has 10 heteroatoms. The number of aliphatic carboxylic acids is 1. The lowest BCUT2D eigenvalue weighted by Crippen LogP contribution is -2.44. The summed E-state index contributed by atoms with van der Waals surface area (Å²) in [6.07, 6.45) is 0.683. The van der Waals surface area contributed by atoms with Crippen LogP contribution in [0.5, 0.6) is 0 Å². The van der Waals surface area contributed by atoms with Gasteiger partial charge in [0.25, 0.3) is 0 Å². The molecule has 0 spiro atoms. The molecule has 23 heavy (non-hydrogen) atoms. The number of piperidine rings is 1. The first-order valence-corrected chi connectivity index (χ1v) is 8.60. The molecule has 0 aliphatic carbocycles. The zero-order valence-corrected chi connectivity index (χ0v) is 13.7. The number of nitrogens with one attached hydrogen (secondary N) is 1. The topological polar surface area (TPSA) is 130 Å². The predicted octanol–water partition coefficient (Wildman–Crippen LogP) is -0.107. The summed E-state index contributed by atoms with van der Waals surface area (Å²) >= 11 is 0. The van der Waals surface area contributed by atoms with Crippen LogP contribution in [-0.4, -0.2) is 54.5 Å². The van der Waals surface area contributed by atoms with Gasteiger partial charge in [0.2, 0.25) is 15.9 Å². The number of hydrogen-bond acceptors (Lipinski definition) is 6.